The second kappa shape index (κ2) is 11.6. The highest BCUT2D eigenvalue weighted by atomic mass is 32.5. The Labute approximate surface area is 274 Å². The molecule has 2 aliphatic rings. The van der Waals surface area contributed by atoms with E-state index in [0.29, 0.717) is 11.8 Å². The molecule has 4 rings (SSSR count). The van der Waals surface area contributed by atoms with Gasteiger partial charge in [-0.3, -0.25) is 24.4 Å². The molecule has 1 saturated carbocycles. The van der Waals surface area contributed by atoms with Crippen LogP contribution in [0.1, 0.15) is 57.2 Å². The number of carbonyl (C=O) groups excluding carboxylic acids is 2. The molecule has 0 spiro atoms. The number of amides is 1. The van der Waals surface area contributed by atoms with Crippen molar-refractivity contribution in [3.63, 3.8) is 0 Å². The van der Waals surface area contributed by atoms with E-state index in [-0.39, 0.29) is 47.6 Å². The monoisotopic (exact) mass is 730 g/mol. The molecule has 1 amide bonds. The number of aliphatic hydroxyl groups is 1. The molecule has 0 bridgehead atoms. The Hall–Kier alpha value is -3.85. The predicted octanol–water partition coefficient (Wildman–Crippen LogP) is 8.35. The van der Waals surface area contributed by atoms with Gasteiger partial charge < -0.3 is 5.11 Å². The Kier molecular flexibility index (Phi) is 8.99. The maximum absolute atomic E-state index is 15.8. The molecule has 7 nitrogen and oxygen atoms in total. The summed E-state index contributed by atoms with van der Waals surface area (Å²) in [7, 11) is -10.4. The molecule has 1 saturated heterocycles. The number of carbonyl (C=O) groups is 2. The third-order valence-electron chi connectivity index (χ3n) is 8.92. The predicted molar refractivity (Wildman–Crippen MR) is 159 cm³/mol. The fourth-order valence-electron chi connectivity index (χ4n) is 6.54. The number of hydrogen-bond donors (Lipinski definition) is 1. The highest BCUT2D eigenvalue weighted by Crippen LogP contribution is 3.02. The number of anilines is 1. The van der Waals surface area contributed by atoms with E-state index in [1.54, 1.807) is 6.19 Å². The lowest BCUT2D eigenvalue weighted by molar-refractivity contribution is -0.195. The summed E-state index contributed by atoms with van der Waals surface area (Å²) in [6.07, 6.45) is -5.45. The van der Waals surface area contributed by atoms with Gasteiger partial charge in [0.15, 0.2) is 12.0 Å². The van der Waals surface area contributed by atoms with Crippen molar-refractivity contribution >= 4 is 27.6 Å². The Morgan fingerprint density at radius 2 is 1.67 bits per heavy atom. The number of nitriles is 1. The van der Waals surface area contributed by atoms with E-state index >= 15 is 13.2 Å². The van der Waals surface area contributed by atoms with Gasteiger partial charge in [-0.15, -0.1) is 0 Å². The average molecular weight is 731 g/mol. The number of likely N-dealkylation sites (tertiary alicyclic amines) is 1. The van der Waals surface area contributed by atoms with Gasteiger partial charge in [0.25, 0.3) is 5.91 Å². The minimum absolute atomic E-state index is 0.0557. The third-order valence-corrected chi connectivity index (χ3v) is 10.1. The number of ketones is 1. The van der Waals surface area contributed by atoms with Crippen LogP contribution in [-0.2, 0) is 21.5 Å². The van der Waals surface area contributed by atoms with Crippen molar-refractivity contribution < 1.29 is 56.1 Å². The lowest BCUT2D eigenvalue weighted by atomic mass is 9.77. The van der Waals surface area contributed by atoms with Crippen LogP contribution in [0.25, 0.3) is 0 Å². The molecule has 1 unspecified atom stereocenters. The number of hydrogen-bond acceptors (Lipinski definition) is 6. The number of allylic oxidation sites excluding steroid dienone is 1. The zero-order valence-corrected chi connectivity index (χ0v) is 26.9. The van der Waals surface area contributed by atoms with E-state index < -0.39 is 111 Å². The molecule has 270 valence electrons. The van der Waals surface area contributed by atoms with Crippen molar-refractivity contribution in [3.05, 3.63) is 66.0 Å². The zero-order chi connectivity index (χ0) is 37.1. The number of halogens is 10. The van der Waals surface area contributed by atoms with E-state index in [0.717, 1.165) is 18.3 Å². The number of alkyl halides is 5. The first-order valence-electron chi connectivity index (χ1n) is 14.8. The van der Waals surface area contributed by atoms with Gasteiger partial charge in [0.1, 0.15) is 10.9 Å². The van der Waals surface area contributed by atoms with Gasteiger partial charge in [0, 0.05) is 43.1 Å². The van der Waals surface area contributed by atoms with Gasteiger partial charge in [-0.1, -0.05) is 37.6 Å². The van der Waals surface area contributed by atoms with Crippen molar-refractivity contribution in [1.29, 1.82) is 5.26 Å². The highest BCUT2D eigenvalue weighted by molar-refractivity contribution is 8.45. The standard InChI is InChI=1S/C31H32F10N4O3S/c1-19(21-10-12-29(32,33)13-11-21)15-25-24(5-4-14-43-25)30(20(2)46,31(34,35)36)45(27(47)26-16-28(3,48)17-44(26)18-42)22-6-8-23(9-7-22)49(37,38,39,40)41/h4-9,14,21,26,48H,1,10-13,15-17H2,2-3H3/t26-,28-,30?/m1/s1. The Morgan fingerprint density at radius 3 is 2.16 bits per heavy atom. The van der Waals surface area contributed by atoms with Gasteiger partial charge in [-0.2, -0.15) is 18.4 Å². The molecular formula is C31H32F10N4O3S. The molecule has 49 heavy (non-hydrogen) atoms. The van der Waals surface area contributed by atoms with Crippen LogP contribution in [0.4, 0.5) is 47.1 Å². The van der Waals surface area contributed by atoms with Gasteiger partial charge in [0.2, 0.25) is 11.5 Å². The fraction of sp³-hybridized carbons (Fsp3) is 0.484. The Morgan fingerprint density at radius 1 is 1.10 bits per heavy atom. The van der Waals surface area contributed by atoms with Crippen LogP contribution in [0.3, 0.4) is 0 Å². The quantitative estimate of drug-likeness (QED) is 0.158. The molecule has 1 N–H and O–H groups in total. The fourth-order valence-corrected chi connectivity index (χ4v) is 7.19. The van der Waals surface area contributed by atoms with Crippen LogP contribution in [0.2, 0.25) is 0 Å². The van der Waals surface area contributed by atoms with E-state index in [4.69, 9.17) is 0 Å². The normalized spacial score (nSPS) is 24.2. The van der Waals surface area contributed by atoms with Crippen molar-refractivity contribution in [2.45, 2.75) is 86.5 Å². The second-order valence-corrected chi connectivity index (χ2v) is 15.2. The third kappa shape index (κ3) is 7.52. The molecule has 2 aromatic rings. The highest BCUT2D eigenvalue weighted by Gasteiger charge is 2.68. The summed E-state index contributed by atoms with van der Waals surface area (Å²) in [4.78, 5) is 29.9. The topological polar surface area (TPSA) is 97.5 Å². The number of Topliss-reactive ketones (excluding diaryl/α,β-unsaturated/α-hetero) is 1. The molecule has 1 aromatic heterocycles. The van der Waals surface area contributed by atoms with Crippen LogP contribution in [-0.4, -0.2) is 57.0 Å². The number of benzene rings is 1. The zero-order valence-electron chi connectivity index (χ0n) is 26.1. The first kappa shape index (κ1) is 38.0. The van der Waals surface area contributed by atoms with Gasteiger partial charge in [-0.25, -0.2) is 8.78 Å². The van der Waals surface area contributed by atoms with Crippen LogP contribution in [0.15, 0.2) is 59.6 Å². The molecule has 3 atom stereocenters. The minimum Gasteiger partial charge on any atom is -0.388 e. The number of aromatic nitrogens is 1. The molecular weight excluding hydrogens is 698 g/mol. The largest absolute Gasteiger partial charge is 0.423 e. The van der Waals surface area contributed by atoms with Crippen molar-refractivity contribution in [3.8, 4) is 6.19 Å². The molecule has 1 aliphatic carbocycles. The first-order chi connectivity index (χ1) is 22.1. The molecule has 1 aromatic carbocycles. The lowest BCUT2D eigenvalue weighted by Crippen LogP contribution is -2.65. The lowest BCUT2D eigenvalue weighted by Gasteiger charge is -2.45. The summed E-state index contributed by atoms with van der Waals surface area (Å²) < 4.78 is 143. The Bertz CT molecular complexity index is 1680. The van der Waals surface area contributed by atoms with Crippen LogP contribution >= 0.6 is 10.2 Å². The number of β-amino-alcohol motifs (C(OH)–C–C–N with tert-alkyl or cyclic N) is 1. The minimum atomic E-state index is -10.4. The number of pyridine rings is 1. The van der Waals surface area contributed by atoms with E-state index in [2.05, 4.69) is 11.6 Å². The maximum atomic E-state index is 15.8. The van der Waals surface area contributed by atoms with Crippen LogP contribution < -0.4 is 4.90 Å². The van der Waals surface area contributed by atoms with Gasteiger partial charge >= 0.3 is 16.4 Å². The SMILES string of the molecule is C=C(Cc1ncccc1C(C(C)=O)(N(C(=O)[C@H]1C[C@@](C)(O)CN1C#N)c1ccc(S(F)(F)(F)(F)F)cc1)C(F)(F)F)C1CCC(F)(F)CC1. The molecule has 2 fully saturated rings. The summed E-state index contributed by atoms with van der Waals surface area (Å²) >= 11 is 0. The van der Waals surface area contributed by atoms with Crippen molar-refractivity contribution in [2.24, 2.45) is 5.92 Å². The van der Waals surface area contributed by atoms with E-state index in [9.17, 15) is 48.2 Å². The summed E-state index contributed by atoms with van der Waals surface area (Å²) in [5.74, 6) is -6.98. The molecule has 0 radical (unpaired) electrons. The summed E-state index contributed by atoms with van der Waals surface area (Å²) in [5, 5.41) is 20.3. The van der Waals surface area contributed by atoms with Crippen LogP contribution in [0, 0.1) is 17.4 Å². The molecule has 2 heterocycles. The van der Waals surface area contributed by atoms with Crippen molar-refractivity contribution in [1.82, 2.24) is 9.88 Å². The molecule has 18 heteroatoms. The van der Waals surface area contributed by atoms with E-state index in [1.165, 1.54) is 6.92 Å². The molecule has 1 aliphatic heterocycles. The first-order valence-corrected chi connectivity index (χ1v) is 16.7. The summed E-state index contributed by atoms with van der Waals surface area (Å²) in [5.41, 5.74) is -8.25. The van der Waals surface area contributed by atoms with E-state index in [1.807, 2.05) is 0 Å². The van der Waals surface area contributed by atoms with Gasteiger partial charge in [-0.05, 0) is 62.9 Å². The number of rotatable bonds is 9. The van der Waals surface area contributed by atoms with Crippen molar-refractivity contribution in [2.75, 3.05) is 11.4 Å². The number of nitrogens with zero attached hydrogens (tertiary/aromatic N) is 4. The van der Waals surface area contributed by atoms with Crippen LogP contribution in [0.5, 0.6) is 0 Å². The maximum Gasteiger partial charge on any atom is 0.423 e. The summed E-state index contributed by atoms with van der Waals surface area (Å²) in [6, 6.07) is -0.198. The summed E-state index contributed by atoms with van der Waals surface area (Å²) in [6.45, 7) is 4.94. The Balaban J connectivity index is 1.98. The smallest absolute Gasteiger partial charge is 0.388 e. The van der Waals surface area contributed by atoms with Gasteiger partial charge in [0.05, 0.1) is 17.8 Å². The average Bonchev–Trinajstić information content (AvgIpc) is 3.28. The second-order valence-electron chi connectivity index (χ2n) is 12.8.